The number of nitrogens with zero attached hydrogens (tertiary/aromatic N) is 6. The molecule has 4 heterocycles. The van der Waals surface area contributed by atoms with Crippen molar-refractivity contribution >= 4 is 27.8 Å². The summed E-state index contributed by atoms with van der Waals surface area (Å²) in [6.07, 6.45) is 3.36. The molecule has 0 unspecified atom stereocenters. The van der Waals surface area contributed by atoms with Crippen LogP contribution in [0.3, 0.4) is 0 Å². The Morgan fingerprint density at radius 2 is 1.56 bits per heavy atom. The quantitative estimate of drug-likeness (QED) is 0.369. The molecule has 0 spiro atoms. The van der Waals surface area contributed by atoms with Crippen molar-refractivity contribution in [1.82, 2.24) is 28.5 Å². The molecule has 0 amide bonds. The van der Waals surface area contributed by atoms with Gasteiger partial charge in [-0.25, -0.2) is 15.0 Å². The molecule has 0 N–H and O–H groups in total. The summed E-state index contributed by atoms with van der Waals surface area (Å²) in [6, 6.07) is 15.1. The standard InChI is InChI=1S/C26H24N6/c1-15-9-8-12-23(31-19(5)29-20-13-27-14-28-25(20)31)24(15)32-22-11-7-6-10-21(22)30-18(4)16(2)17(3)26(30)32/h6-14H,1-5H3. The second kappa shape index (κ2) is 6.53. The van der Waals surface area contributed by atoms with Gasteiger partial charge in [-0.15, -0.1) is 0 Å². The third-order valence-electron chi connectivity index (χ3n) is 6.73. The van der Waals surface area contributed by atoms with E-state index in [0.717, 1.165) is 28.4 Å². The second-order valence-electron chi connectivity index (χ2n) is 8.49. The van der Waals surface area contributed by atoms with Crippen molar-refractivity contribution in [3.05, 3.63) is 83.2 Å². The Hall–Kier alpha value is -3.93. The number of imidazole rings is 2. The Labute approximate surface area is 185 Å². The van der Waals surface area contributed by atoms with E-state index in [-0.39, 0.29) is 0 Å². The number of rotatable bonds is 2. The van der Waals surface area contributed by atoms with Crippen LogP contribution in [0.2, 0.25) is 0 Å². The minimum Gasteiger partial charge on any atom is -0.298 e. The lowest BCUT2D eigenvalue weighted by molar-refractivity contribution is 0.959. The smallest absolute Gasteiger partial charge is 0.168 e. The summed E-state index contributed by atoms with van der Waals surface area (Å²) in [5.74, 6) is 0.888. The van der Waals surface area contributed by atoms with Gasteiger partial charge >= 0.3 is 0 Å². The highest BCUT2D eigenvalue weighted by Gasteiger charge is 2.23. The summed E-state index contributed by atoms with van der Waals surface area (Å²) in [6.45, 7) is 10.8. The van der Waals surface area contributed by atoms with E-state index in [0.29, 0.717) is 0 Å². The molecule has 0 saturated carbocycles. The summed E-state index contributed by atoms with van der Waals surface area (Å²) in [5.41, 5.74) is 12.5. The maximum Gasteiger partial charge on any atom is 0.168 e. The number of aryl methyl sites for hydroxylation is 4. The summed E-state index contributed by atoms with van der Waals surface area (Å²) >= 11 is 0. The average Bonchev–Trinajstić information content (AvgIpc) is 3.38. The zero-order valence-corrected chi connectivity index (χ0v) is 18.9. The molecule has 6 heteroatoms. The molecule has 6 nitrogen and oxygen atoms in total. The predicted octanol–water partition coefficient (Wildman–Crippen LogP) is 5.55. The fourth-order valence-electron chi connectivity index (χ4n) is 5.03. The Morgan fingerprint density at radius 3 is 2.38 bits per heavy atom. The Morgan fingerprint density at radius 1 is 0.781 bits per heavy atom. The van der Waals surface area contributed by atoms with Gasteiger partial charge in [0.2, 0.25) is 0 Å². The monoisotopic (exact) mass is 420 g/mol. The summed E-state index contributed by atoms with van der Waals surface area (Å²) in [7, 11) is 0. The van der Waals surface area contributed by atoms with Gasteiger partial charge < -0.3 is 0 Å². The van der Waals surface area contributed by atoms with E-state index >= 15 is 0 Å². The van der Waals surface area contributed by atoms with Crippen LogP contribution in [0.1, 0.15) is 28.2 Å². The van der Waals surface area contributed by atoms with Gasteiger partial charge in [-0.3, -0.25) is 13.5 Å². The molecule has 6 aromatic rings. The van der Waals surface area contributed by atoms with Crippen molar-refractivity contribution in [2.24, 2.45) is 0 Å². The number of para-hydroxylation sites is 3. The first kappa shape index (κ1) is 18.8. The van der Waals surface area contributed by atoms with Crippen molar-refractivity contribution in [3.63, 3.8) is 0 Å². The fraction of sp³-hybridized carbons (Fsp3) is 0.192. The highest BCUT2D eigenvalue weighted by atomic mass is 15.2. The molecule has 0 radical (unpaired) electrons. The van der Waals surface area contributed by atoms with Gasteiger partial charge in [0.1, 0.15) is 23.3 Å². The van der Waals surface area contributed by atoms with Crippen LogP contribution in [0.5, 0.6) is 0 Å². The molecule has 0 atom stereocenters. The Bertz CT molecular complexity index is 1680. The molecule has 0 aliphatic heterocycles. The van der Waals surface area contributed by atoms with Crippen molar-refractivity contribution in [2.75, 3.05) is 0 Å². The Kier molecular flexibility index (Phi) is 3.84. The van der Waals surface area contributed by atoms with Gasteiger partial charge in [0.05, 0.1) is 28.6 Å². The van der Waals surface area contributed by atoms with Gasteiger partial charge in [-0.05, 0) is 69.5 Å². The molecule has 0 aliphatic rings. The number of benzene rings is 2. The van der Waals surface area contributed by atoms with E-state index in [1.54, 1.807) is 12.5 Å². The molecule has 0 aliphatic carbocycles. The van der Waals surface area contributed by atoms with Crippen LogP contribution in [0, 0.1) is 34.6 Å². The third kappa shape index (κ3) is 2.32. The Balaban J connectivity index is 1.83. The highest BCUT2D eigenvalue weighted by Crippen LogP contribution is 2.36. The predicted molar refractivity (Wildman–Crippen MR) is 128 cm³/mol. The van der Waals surface area contributed by atoms with Gasteiger partial charge in [0, 0.05) is 5.69 Å². The van der Waals surface area contributed by atoms with Crippen LogP contribution >= 0.6 is 0 Å². The van der Waals surface area contributed by atoms with Gasteiger partial charge in [0.25, 0.3) is 0 Å². The van der Waals surface area contributed by atoms with E-state index in [1.165, 1.54) is 39.1 Å². The van der Waals surface area contributed by atoms with Crippen molar-refractivity contribution in [3.8, 4) is 11.4 Å². The lowest BCUT2D eigenvalue weighted by atomic mass is 10.1. The van der Waals surface area contributed by atoms with E-state index < -0.39 is 0 Å². The van der Waals surface area contributed by atoms with Crippen LogP contribution in [0.25, 0.3) is 39.2 Å². The van der Waals surface area contributed by atoms with Crippen LogP contribution in [-0.4, -0.2) is 28.5 Å². The summed E-state index contributed by atoms with van der Waals surface area (Å²) in [4.78, 5) is 13.5. The second-order valence-corrected chi connectivity index (χ2v) is 8.49. The molecule has 6 rings (SSSR count). The van der Waals surface area contributed by atoms with Crippen molar-refractivity contribution in [2.45, 2.75) is 34.6 Å². The van der Waals surface area contributed by atoms with Crippen LogP contribution in [0.4, 0.5) is 0 Å². The number of hydrogen-bond donors (Lipinski definition) is 0. The molecular weight excluding hydrogens is 396 g/mol. The first-order valence-corrected chi connectivity index (χ1v) is 10.8. The fourth-order valence-corrected chi connectivity index (χ4v) is 5.03. The minimum atomic E-state index is 0.797. The number of aromatic nitrogens is 6. The molecule has 32 heavy (non-hydrogen) atoms. The van der Waals surface area contributed by atoms with Gasteiger partial charge in [0.15, 0.2) is 5.65 Å². The summed E-state index contributed by atoms with van der Waals surface area (Å²) in [5, 5.41) is 0. The zero-order valence-electron chi connectivity index (χ0n) is 18.9. The lowest BCUT2D eigenvalue weighted by Gasteiger charge is -2.18. The third-order valence-corrected chi connectivity index (χ3v) is 6.73. The molecule has 0 fully saturated rings. The van der Waals surface area contributed by atoms with Gasteiger partial charge in [-0.1, -0.05) is 24.3 Å². The molecule has 2 aromatic carbocycles. The maximum absolute atomic E-state index is 4.73. The number of fused-ring (bicyclic) bond motifs is 4. The molecular formula is C26H24N6. The number of hydrogen-bond acceptors (Lipinski definition) is 3. The zero-order chi connectivity index (χ0) is 22.1. The average molecular weight is 421 g/mol. The summed E-state index contributed by atoms with van der Waals surface area (Å²) < 4.78 is 6.93. The topological polar surface area (TPSA) is 52.9 Å². The van der Waals surface area contributed by atoms with Crippen molar-refractivity contribution in [1.29, 1.82) is 0 Å². The van der Waals surface area contributed by atoms with E-state index in [2.05, 4.69) is 93.7 Å². The minimum absolute atomic E-state index is 0.797. The molecule has 0 bridgehead atoms. The molecule has 158 valence electrons. The normalized spacial score (nSPS) is 11.9. The first-order valence-electron chi connectivity index (χ1n) is 10.8. The first-order chi connectivity index (χ1) is 15.5. The SMILES string of the molecule is Cc1cccc(-n2c(C)nc3cncnc32)c1-n1c2ccccc2n2c(C)c(C)c(C)c12. The molecule has 4 aromatic heterocycles. The van der Waals surface area contributed by atoms with Gasteiger partial charge in [-0.2, -0.15) is 0 Å². The van der Waals surface area contributed by atoms with Crippen LogP contribution in [-0.2, 0) is 0 Å². The van der Waals surface area contributed by atoms with E-state index in [9.17, 15) is 0 Å². The lowest BCUT2D eigenvalue weighted by Crippen LogP contribution is -2.07. The molecule has 0 saturated heterocycles. The van der Waals surface area contributed by atoms with Crippen molar-refractivity contribution < 1.29 is 0 Å². The van der Waals surface area contributed by atoms with E-state index in [1.807, 2.05) is 6.92 Å². The highest BCUT2D eigenvalue weighted by molar-refractivity contribution is 5.89. The largest absolute Gasteiger partial charge is 0.298 e. The van der Waals surface area contributed by atoms with Crippen LogP contribution in [0.15, 0.2) is 55.0 Å². The maximum atomic E-state index is 4.73. The van der Waals surface area contributed by atoms with E-state index in [4.69, 9.17) is 4.98 Å². The van der Waals surface area contributed by atoms with Crippen LogP contribution < -0.4 is 0 Å².